The van der Waals surface area contributed by atoms with Gasteiger partial charge in [-0.1, -0.05) is 37.3 Å². The van der Waals surface area contributed by atoms with Crippen LogP contribution in [0.3, 0.4) is 0 Å². The van der Waals surface area contributed by atoms with Crippen LogP contribution in [0.2, 0.25) is 0 Å². The highest BCUT2D eigenvalue weighted by atomic mass is 16.5. The highest BCUT2D eigenvalue weighted by Crippen LogP contribution is 2.25. The summed E-state index contributed by atoms with van der Waals surface area (Å²) >= 11 is 0. The third kappa shape index (κ3) is 3.59. The van der Waals surface area contributed by atoms with Gasteiger partial charge in [-0.3, -0.25) is 9.69 Å². The van der Waals surface area contributed by atoms with Crippen molar-refractivity contribution in [3.05, 3.63) is 65.9 Å². The van der Waals surface area contributed by atoms with E-state index in [0.29, 0.717) is 6.54 Å². The Morgan fingerprint density at radius 1 is 1.20 bits per heavy atom. The number of likely N-dealkylation sites (N-methyl/N-ethyl adjacent to an activating group) is 1. The molecule has 3 aromatic rings. The molecule has 0 amide bonds. The van der Waals surface area contributed by atoms with Gasteiger partial charge in [0.25, 0.3) is 0 Å². The fraction of sp³-hybridized carbons (Fsp3) is 0.286. The molecule has 0 aliphatic carbocycles. The summed E-state index contributed by atoms with van der Waals surface area (Å²) in [6, 6.07) is 16.1. The molecule has 0 aliphatic heterocycles. The Labute approximate surface area is 148 Å². The molecule has 4 nitrogen and oxygen atoms in total. The van der Waals surface area contributed by atoms with Gasteiger partial charge in [-0.15, -0.1) is 0 Å². The molecule has 1 N–H and O–H groups in total. The maximum atomic E-state index is 12.9. The maximum Gasteiger partial charge on any atom is 0.178 e. The number of aromatic nitrogens is 1. The normalized spacial score (nSPS) is 12.5. The standard InChI is InChI=1S/C21H24N2O2/c1-4-23(15(2)16-8-7-9-17(12-16)25-3)14-21(24)19-13-22-20-11-6-5-10-18(19)20/h5-13,15,22H,4,14H2,1-3H3. The molecule has 130 valence electrons. The van der Waals surface area contributed by atoms with Gasteiger partial charge in [0.1, 0.15) is 5.75 Å². The van der Waals surface area contributed by atoms with Crippen LogP contribution in [0.1, 0.15) is 35.8 Å². The number of ether oxygens (including phenoxy) is 1. The van der Waals surface area contributed by atoms with E-state index in [-0.39, 0.29) is 11.8 Å². The van der Waals surface area contributed by atoms with E-state index >= 15 is 0 Å². The number of rotatable bonds is 7. The molecule has 3 rings (SSSR count). The number of para-hydroxylation sites is 1. The van der Waals surface area contributed by atoms with E-state index < -0.39 is 0 Å². The van der Waals surface area contributed by atoms with Crippen LogP contribution < -0.4 is 4.74 Å². The van der Waals surface area contributed by atoms with E-state index in [0.717, 1.165) is 34.3 Å². The molecule has 2 aromatic carbocycles. The van der Waals surface area contributed by atoms with E-state index in [2.05, 4.69) is 29.8 Å². The SMILES string of the molecule is CCN(CC(=O)c1c[nH]c2ccccc12)C(C)c1cccc(OC)c1. The van der Waals surface area contributed by atoms with Crippen molar-refractivity contribution < 1.29 is 9.53 Å². The number of aromatic amines is 1. The average Bonchev–Trinajstić information content (AvgIpc) is 3.09. The predicted molar refractivity (Wildman–Crippen MR) is 101 cm³/mol. The van der Waals surface area contributed by atoms with Crippen molar-refractivity contribution in [2.75, 3.05) is 20.2 Å². The van der Waals surface area contributed by atoms with Crippen LogP contribution in [0.4, 0.5) is 0 Å². The number of nitrogens with one attached hydrogen (secondary N) is 1. The largest absolute Gasteiger partial charge is 0.497 e. The van der Waals surface area contributed by atoms with Crippen molar-refractivity contribution >= 4 is 16.7 Å². The molecule has 1 unspecified atom stereocenters. The van der Waals surface area contributed by atoms with Crippen molar-refractivity contribution in [2.45, 2.75) is 19.9 Å². The van der Waals surface area contributed by atoms with E-state index in [1.165, 1.54) is 0 Å². The number of hydrogen-bond donors (Lipinski definition) is 1. The lowest BCUT2D eigenvalue weighted by atomic mass is 10.0. The van der Waals surface area contributed by atoms with Gasteiger partial charge in [-0.05, 0) is 37.2 Å². The summed E-state index contributed by atoms with van der Waals surface area (Å²) in [6.45, 7) is 5.39. The summed E-state index contributed by atoms with van der Waals surface area (Å²) in [7, 11) is 1.67. The summed E-state index contributed by atoms with van der Waals surface area (Å²) < 4.78 is 5.32. The predicted octanol–water partition coefficient (Wildman–Crippen LogP) is 4.44. The Morgan fingerprint density at radius 3 is 2.76 bits per heavy atom. The number of benzene rings is 2. The second-order valence-corrected chi connectivity index (χ2v) is 6.19. The summed E-state index contributed by atoms with van der Waals surface area (Å²) in [5.74, 6) is 0.970. The van der Waals surface area contributed by atoms with Gasteiger partial charge in [-0.2, -0.15) is 0 Å². The first-order valence-corrected chi connectivity index (χ1v) is 8.61. The van der Waals surface area contributed by atoms with Crippen LogP contribution in [-0.4, -0.2) is 35.9 Å². The lowest BCUT2D eigenvalue weighted by Crippen LogP contribution is -2.32. The Morgan fingerprint density at radius 2 is 2.00 bits per heavy atom. The molecule has 1 atom stereocenters. The molecule has 0 saturated heterocycles. The van der Waals surface area contributed by atoms with Crippen molar-refractivity contribution in [3.63, 3.8) is 0 Å². The van der Waals surface area contributed by atoms with Gasteiger partial charge in [0.15, 0.2) is 5.78 Å². The number of methoxy groups -OCH3 is 1. The first-order valence-electron chi connectivity index (χ1n) is 8.61. The monoisotopic (exact) mass is 336 g/mol. The summed E-state index contributed by atoms with van der Waals surface area (Å²) in [6.07, 6.45) is 1.82. The molecule has 1 aromatic heterocycles. The molecule has 25 heavy (non-hydrogen) atoms. The second-order valence-electron chi connectivity index (χ2n) is 6.19. The molecule has 1 heterocycles. The number of nitrogens with zero attached hydrogens (tertiary/aromatic N) is 1. The summed E-state index contributed by atoms with van der Waals surface area (Å²) in [5, 5.41) is 0.984. The molecular weight excluding hydrogens is 312 g/mol. The van der Waals surface area contributed by atoms with Crippen LogP contribution in [0.15, 0.2) is 54.7 Å². The molecule has 0 aliphatic rings. The quantitative estimate of drug-likeness (QED) is 0.649. The van der Waals surface area contributed by atoms with Crippen LogP contribution in [-0.2, 0) is 0 Å². The molecule has 0 spiro atoms. The van der Waals surface area contributed by atoms with Crippen LogP contribution in [0, 0.1) is 0 Å². The van der Waals surface area contributed by atoms with Gasteiger partial charge >= 0.3 is 0 Å². The highest BCUT2D eigenvalue weighted by Gasteiger charge is 2.20. The van der Waals surface area contributed by atoms with Crippen LogP contribution >= 0.6 is 0 Å². The number of ketones is 1. The Balaban J connectivity index is 1.80. The van der Waals surface area contributed by atoms with Gasteiger partial charge in [0.05, 0.1) is 13.7 Å². The zero-order valence-electron chi connectivity index (χ0n) is 15.0. The maximum absolute atomic E-state index is 12.9. The number of Topliss-reactive ketones (excluding diaryl/α,β-unsaturated/α-hetero) is 1. The first-order chi connectivity index (χ1) is 12.1. The number of fused-ring (bicyclic) bond motifs is 1. The van der Waals surface area contributed by atoms with Crippen molar-refractivity contribution in [3.8, 4) is 5.75 Å². The number of carbonyl (C=O) groups is 1. The van der Waals surface area contributed by atoms with Gasteiger partial charge < -0.3 is 9.72 Å². The number of H-pyrrole nitrogens is 1. The molecular formula is C21H24N2O2. The minimum absolute atomic E-state index is 0.133. The fourth-order valence-electron chi connectivity index (χ4n) is 3.21. The molecule has 0 fully saturated rings. The first kappa shape index (κ1) is 17.2. The Bertz CT molecular complexity index is 869. The fourth-order valence-corrected chi connectivity index (χ4v) is 3.21. The average molecular weight is 336 g/mol. The topological polar surface area (TPSA) is 45.3 Å². The highest BCUT2D eigenvalue weighted by molar-refractivity contribution is 6.08. The molecule has 0 radical (unpaired) electrons. The van der Waals surface area contributed by atoms with Gasteiger partial charge in [0, 0.05) is 28.7 Å². The van der Waals surface area contributed by atoms with E-state index in [1.807, 2.05) is 48.7 Å². The van der Waals surface area contributed by atoms with Gasteiger partial charge in [0.2, 0.25) is 0 Å². The summed E-state index contributed by atoms with van der Waals surface area (Å²) in [5.41, 5.74) is 2.90. The number of carbonyl (C=O) groups excluding carboxylic acids is 1. The van der Waals surface area contributed by atoms with Crippen molar-refractivity contribution in [2.24, 2.45) is 0 Å². The van der Waals surface area contributed by atoms with Crippen LogP contribution in [0.25, 0.3) is 10.9 Å². The van der Waals surface area contributed by atoms with Crippen LogP contribution in [0.5, 0.6) is 5.75 Å². The third-order valence-corrected chi connectivity index (χ3v) is 4.77. The third-order valence-electron chi connectivity index (χ3n) is 4.77. The lowest BCUT2D eigenvalue weighted by molar-refractivity contribution is 0.0906. The molecule has 0 bridgehead atoms. The van der Waals surface area contributed by atoms with Crippen molar-refractivity contribution in [1.29, 1.82) is 0 Å². The Kier molecular flexibility index (Phi) is 5.19. The minimum atomic E-state index is 0.133. The zero-order chi connectivity index (χ0) is 17.8. The molecule has 0 saturated carbocycles. The van der Waals surface area contributed by atoms with Crippen molar-refractivity contribution in [1.82, 2.24) is 9.88 Å². The Hall–Kier alpha value is -2.59. The van der Waals surface area contributed by atoms with E-state index in [9.17, 15) is 4.79 Å². The smallest absolute Gasteiger partial charge is 0.178 e. The minimum Gasteiger partial charge on any atom is -0.497 e. The summed E-state index contributed by atoms with van der Waals surface area (Å²) in [4.78, 5) is 18.2. The van der Waals surface area contributed by atoms with E-state index in [4.69, 9.17) is 4.74 Å². The lowest BCUT2D eigenvalue weighted by Gasteiger charge is -2.27. The second kappa shape index (κ2) is 7.53. The zero-order valence-corrected chi connectivity index (χ0v) is 15.0. The molecule has 4 heteroatoms. The van der Waals surface area contributed by atoms with Gasteiger partial charge in [-0.25, -0.2) is 0 Å². The number of hydrogen-bond acceptors (Lipinski definition) is 3. The van der Waals surface area contributed by atoms with E-state index in [1.54, 1.807) is 7.11 Å².